The van der Waals surface area contributed by atoms with Crippen LogP contribution in [0.5, 0.6) is 0 Å². The zero-order valence-electron chi connectivity index (χ0n) is 13.9. The second-order valence-corrected chi connectivity index (χ2v) is 8.41. The fourth-order valence-corrected chi connectivity index (χ4v) is 6.33. The van der Waals surface area contributed by atoms with Crippen molar-refractivity contribution in [3.63, 3.8) is 0 Å². The molecular formula is C20H36. The summed E-state index contributed by atoms with van der Waals surface area (Å²) >= 11 is 0. The summed E-state index contributed by atoms with van der Waals surface area (Å²) in [6, 6.07) is 0. The monoisotopic (exact) mass is 276 g/mol. The van der Waals surface area contributed by atoms with Gasteiger partial charge in [-0.2, -0.15) is 0 Å². The summed E-state index contributed by atoms with van der Waals surface area (Å²) in [6.45, 7) is 4.99. The molecule has 0 aromatic carbocycles. The third-order valence-electron chi connectivity index (χ3n) is 7.24. The van der Waals surface area contributed by atoms with Crippen LogP contribution in [-0.4, -0.2) is 0 Å². The highest BCUT2D eigenvalue weighted by Gasteiger charge is 2.41. The highest BCUT2D eigenvalue weighted by Crippen LogP contribution is 2.51. The van der Waals surface area contributed by atoms with Crippen molar-refractivity contribution < 1.29 is 0 Å². The summed E-state index contributed by atoms with van der Waals surface area (Å²) in [7, 11) is 0. The van der Waals surface area contributed by atoms with Crippen molar-refractivity contribution in [2.75, 3.05) is 0 Å². The Bertz CT molecular complexity index is 288. The summed E-state index contributed by atoms with van der Waals surface area (Å²) in [6.07, 6.45) is 18.5. The van der Waals surface area contributed by atoms with Gasteiger partial charge in [0.15, 0.2) is 0 Å². The van der Waals surface area contributed by atoms with Gasteiger partial charge in [0.05, 0.1) is 0 Å². The molecule has 20 heavy (non-hydrogen) atoms. The van der Waals surface area contributed by atoms with Crippen molar-refractivity contribution in [1.29, 1.82) is 0 Å². The zero-order chi connectivity index (χ0) is 13.9. The molecule has 0 aliphatic heterocycles. The van der Waals surface area contributed by atoms with Crippen molar-refractivity contribution in [2.24, 2.45) is 35.5 Å². The minimum absolute atomic E-state index is 1.02. The van der Waals surface area contributed by atoms with Gasteiger partial charge in [-0.15, -0.1) is 0 Å². The molecule has 0 radical (unpaired) electrons. The fraction of sp³-hybridized carbons (Fsp3) is 1.00. The Morgan fingerprint density at radius 2 is 1.65 bits per heavy atom. The minimum atomic E-state index is 1.02. The molecule has 0 saturated heterocycles. The molecule has 0 aromatic heterocycles. The molecule has 5 atom stereocenters. The molecule has 5 unspecified atom stereocenters. The van der Waals surface area contributed by atoms with Gasteiger partial charge in [-0.1, -0.05) is 71.6 Å². The molecule has 0 amide bonds. The second kappa shape index (κ2) is 6.84. The van der Waals surface area contributed by atoms with Gasteiger partial charge in [0.1, 0.15) is 0 Å². The van der Waals surface area contributed by atoms with Gasteiger partial charge >= 0.3 is 0 Å². The van der Waals surface area contributed by atoms with Crippen LogP contribution in [0.1, 0.15) is 90.9 Å². The van der Waals surface area contributed by atoms with Crippen molar-refractivity contribution in [3.8, 4) is 0 Å². The summed E-state index contributed by atoms with van der Waals surface area (Å²) in [5.41, 5.74) is 0. The summed E-state index contributed by atoms with van der Waals surface area (Å²) in [4.78, 5) is 0. The Kier molecular flexibility index (Phi) is 5.10. The van der Waals surface area contributed by atoms with E-state index in [2.05, 4.69) is 13.8 Å². The molecule has 0 heterocycles. The van der Waals surface area contributed by atoms with Crippen molar-refractivity contribution in [3.05, 3.63) is 0 Å². The molecule has 0 bridgehead atoms. The van der Waals surface area contributed by atoms with Gasteiger partial charge in [-0.3, -0.25) is 0 Å². The van der Waals surface area contributed by atoms with Crippen LogP contribution >= 0.6 is 0 Å². The van der Waals surface area contributed by atoms with Crippen LogP contribution in [0.2, 0.25) is 0 Å². The Morgan fingerprint density at radius 1 is 0.850 bits per heavy atom. The lowest BCUT2D eigenvalue weighted by molar-refractivity contribution is 0.0182. The van der Waals surface area contributed by atoms with Gasteiger partial charge in [0.2, 0.25) is 0 Å². The van der Waals surface area contributed by atoms with Gasteiger partial charge in [0, 0.05) is 0 Å². The second-order valence-electron chi connectivity index (χ2n) is 8.41. The molecular weight excluding hydrogens is 240 g/mol. The molecule has 3 aliphatic carbocycles. The maximum Gasteiger partial charge on any atom is -0.0352 e. The van der Waals surface area contributed by atoms with E-state index < -0.39 is 0 Å². The lowest BCUT2D eigenvalue weighted by Gasteiger charge is -2.48. The van der Waals surface area contributed by atoms with E-state index in [9.17, 15) is 0 Å². The van der Waals surface area contributed by atoms with Crippen LogP contribution in [-0.2, 0) is 0 Å². The number of hydrogen-bond donors (Lipinski definition) is 0. The van der Waals surface area contributed by atoms with E-state index in [0.29, 0.717) is 0 Å². The maximum absolute atomic E-state index is 2.50. The van der Waals surface area contributed by atoms with Crippen LogP contribution in [0, 0.1) is 35.5 Å². The molecule has 116 valence electrons. The molecule has 0 spiro atoms. The molecule has 0 N–H and O–H groups in total. The molecule has 0 aromatic rings. The van der Waals surface area contributed by atoms with Crippen LogP contribution in [0.25, 0.3) is 0 Å². The first-order valence-corrected chi connectivity index (χ1v) is 9.79. The van der Waals surface area contributed by atoms with E-state index in [-0.39, 0.29) is 0 Å². The molecule has 0 heteroatoms. The smallest absolute Gasteiger partial charge is 0.0352 e. The zero-order valence-corrected chi connectivity index (χ0v) is 13.9. The maximum atomic E-state index is 2.50. The average molecular weight is 277 g/mol. The lowest BCUT2D eigenvalue weighted by Crippen LogP contribution is -2.39. The highest BCUT2D eigenvalue weighted by molar-refractivity contribution is 4.91. The van der Waals surface area contributed by atoms with Crippen molar-refractivity contribution >= 4 is 0 Å². The van der Waals surface area contributed by atoms with Crippen LogP contribution in [0.15, 0.2) is 0 Å². The van der Waals surface area contributed by atoms with Crippen LogP contribution in [0.4, 0.5) is 0 Å². The number of rotatable bonds is 3. The third-order valence-corrected chi connectivity index (χ3v) is 7.24. The Labute approximate surface area is 127 Å². The highest BCUT2D eigenvalue weighted by atomic mass is 14.5. The van der Waals surface area contributed by atoms with Gasteiger partial charge in [0.25, 0.3) is 0 Å². The molecule has 0 nitrogen and oxygen atoms in total. The first kappa shape index (κ1) is 14.9. The minimum Gasteiger partial charge on any atom is -0.0651 e. The molecule has 3 fully saturated rings. The average Bonchev–Trinajstić information content (AvgIpc) is 2.49. The van der Waals surface area contributed by atoms with Gasteiger partial charge < -0.3 is 0 Å². The first-order valence-electron chi connectivity index (χ1n) is 9.79. The largest absolute Gasteiger partial charge is 0.0651 e. The van der Waals surface area contributed by atoms with E-state index in [4.69, 9.17) is 0 Å². The fourth-order valence-electron chi connectivity index (χ4n) is 6.33. The first-order chi connectivity index (χ1) is 9.79. The SMILES string of the molecule is CCC(C1CCCCC1)C1CCCC2CC(C)CCC21. The van der Waals surface area contributed by atoms with E-state index in [0.717, 1.165) is 35.5 Å². The summed E-state index contributed by atoms with van der Waals surface area (Å²) in [5.74, 6) is 6.52. The predicted molar refractivity (Wildman–Crippen MR) is 87.7 cm³/mol. The predicted octanol–water partition coefficient (Wildman–Crippen LogP) is 6.45. The summed E-state index contributed by atoms with van der Waals surface area (Å²) < 4.78 is 0. The molecule has 3 rings (SSSR count). The molecule has 3 saturated carbocycles. The van der Waals surface area contributed by atoms with Gasteiger partial charge in [-0.05, 0) is 54.8 Å². The third kappa shape index (κ3) is 3.09. The Morgan fingerprint density at radius 3 is 2.40 bits per heavy atom. The van der Waals surface area contributed by atoms with Crippen molar-refractivity contribution in [2.45, 2.75) is 90.9 Å². The topological polar surface area (TPSA) is 0 Å². The van der Waals surface area contributed by atoms with E-state index in [1.165, 1.54) is 32.1 Å². The van der Waals surface area contributed by atoms with Crippen LogP contribution in [0.3, 0.4) is 0 Å². The van der Waals surface area contributed by atoms with Crippen LogP contribution < -0.4 is 0 Å². The summed E-state index contributed by atoms with van der Waals surface area (Å²) in [5, 5.41) is 0. The van der Waals surface area contributed by atoms with Gasteiger partial charge in [-0.25, -0.2) is 0 Å². The Balaban J connectivity index is 1.69. The van der Waals surface area contributed by atoms with Crippen molar-refractivity contribution in [1.82, 2.24) is 0 Å². The number of hydrogen-bond acceptors (Lipinski definition) is 0. The quantitative estimate of drug-likeness (QED) is 0.556. The normalized spacial score (nSPS) is 41.1. The van der Waals surface area contributed by atoms with E-state index >= 15 is 0 Å². The number of fused-ring (bicyclic) bond motifs is 1. The van der Waals surface area contributed by atoms with E-state index in [1.807, 2.05) is 0 Å². The molecule has 3 aliphatic rings. The Hall–Kier alpha value is 0. The standard InChI is InChI=1S/C20H36/c1-3-18(16-8-5-4-6-9-16)20-11-7-10-17-14-15(2)12-13-19(17)20/h15-20H,3-14H2,1-2H3. The van der Waals surface area contributed by atoms with E-state index in [1.54, 1.807) is 44.9 Å². The lowest BCUT2D eigenvalue weighted by atomic mass is 9.57.